The van der Waals surface area contributed by atoms with Gasteiger partial charge in [-0.05, 0) is 67.9 Å². The number of likely N-dealkylation sites (tertiary alicyclic amines) is 1. The minimum Gasteiger partial charge on any atom is -0.489 e. The second-order valence-corrected chi connectivity index (χ2v) is 9.79. The van der Waals surface area contributed by atoms with E-state index in [1.807, 2.05) is 54.6 Å². The highest BCUT2D eigenvalue weighted by atomic mass is 35.5. The molecule has 164 valence electrons. The highest BCUT2D eigenvalue weighted by Gasteiger charge is 2.18. The van der Waals surface area contributed by atoms with Crippen LogP contribution in [-0.2, 0) is 6.54 Å². The molecule has 7 heteroatoms. The Bertz CT molecular complexity index is 1300. The summed E-state index contributed by atoms with van der Waals surface area (Å²) in [5, 5.41) is 0.692. The Morgan fingerprint density at radius 1 is 1.19 bits per heavy atom. The second-order valence-electron chi connectivity index (χ2n) is 8.30. The first-order valence-corrected chi connectivity index (χ1v) is 11.9. The van der Waals surface area contributed by atoms with E-state index >= 15 is 0 Å². The molecule has 1 fully saturated rings. The zero-order valence-electron chi connectivity index (χ0n) is 17.8. The van der Waals surface area contributed by atoms with Crippen LogP contribution in [0.3, 0.4) is 0 Å². The smallest absolute Gasteiger partial charge is 0.271 e. The van der Waals surface area contributed by atoms with E-state index in [-0.39, 0.29) is 11.7 Å². The number of piperidine rings is 1. The van der Waals surface area contributed by atoms with Crippen molar-refractivity contribution in [3.8, 4) is 16.2 Å². The van der Waals surface area contributed by atoms with Crippen molar-refractivity contribution >= 4 is 33.2 Å². The Morgan fingerprint density at radius 3 is 2.84 bits per heavy atom. The van der Waals surface area contributed by atoms with Gasteiger partial charge in [-0.3, -0.25) is 9.36 Å². The summed E-state index contributed by atoms with van der Waals surface area (Å²) in [5.74, 6) is 0.853. The molecule has 5 rings (SSSR count). The van der Waals surface area contributed by atoms with E-state index in [9.17, 15) is 4.79 Å². The number of rotatable bonds is 5. The predicted molar refractivity (Wildman–Crippen MR) is 131 cm³/mol. The molecule has 2 aromatic carbocycles. The fourth-order valence-electron chi connectivity index (χ4n) is 4.14. The Hall–Kier alpha value is -2.67. The summed E-state index contributed by atoms with van der Waals surface area (Å²) in [6, 6.07) is 17.6. The highest BCUT2D eigenvalue weighted by Crippen LogP contribution is 2.31. The first-order valence-electron chi connectivity index (χ1n) is 10.7. The summed E-state index contributed by atoms with van der Waals surface area (Å²) in [6.45, 7) is 2.52. The van der Waals surface area contributed by atoms with Gasteiger partial charge in [0.05, 0.1) is 18.4 Å². The maximum absolute atomic E-state index is 13.1. The molecule has 0 saturated carbocycles. The molecule has 1 saturated heterocycles. The van der Waals surface area contributed by atoms with Gasteiger partial charge in [0, 0.05) is 16.4 Å². The summed E-state index contributed by atoms with van der Waals surface area (Å²) in [7, 11) is 2.13. The van der Waals surface area contributed by atoms with Crippen molar-refractivity contribution in [2.45, 2.75) is 25.5 Å². The summed E-state index contributed by atoms with van der Waals surface area (Å²) < 4.78 is 8.54. The van der Waals surface area contributed by atoms with Crippen molar-refractivity contribution < 1.29 is 4.74 Å². The lowest BCUT2D eigenvalue weighted by molar-refractivity contribution is 0.104. The zero-order valence-corrected chi connectivity index (χ0v) is 19.4. The number of likely N-dealkylation sites (N-methyl/N-ethyl adjacent to an activating group) is 1. The molecule has 1 unspecified atom stereocenters. The fourth-order valence-corrected chi connectivity index (χ4v) is 5.33. The minimum atomic E-state index is -0.0274. The van der Waals surface area contributed by atoms with Gasteiger partial charge in [-0.25, -0.2) is 4.98 Å². The van der Waals surface area contributed by atoms with E-state index in [0.717, 1.165) is 53.2 Å². The van der Waals surface area contributed by atoms with Gasteiger partial charge in [0.1, 0.15) is 16.6 Å². The molecule has 1 atom stereocenters. The first kappa shape index (κ1) is 21.2. The van der Waals surface area contributed by atoms with E-state index in [1.54, 1.807) is 10.9 Å². The lowest BCUT2D eigenvalue weighted by atomic mass is 10.1. The summed E-state index contributed by atoms with van der Waals surface area (Å²) in [4.78, 5) is 21.0. The second kappa shape index (κ2) is 9.06. The Balaban J connectivity index is 1.37. The monoisotopic (exact) mass is 465 g/mol. The lowest BCUT2D eigenvalue weighted by Crippen LogP contribution is -2.38. The standard InChI is InChI=1S/C25H24ClN3O2S/c1-28-11-3-6-21(15-28)31-20-5-2-4-17(12-20)14-29-16-27-22-13-23(32-24(22)25(29)30)18-7-9-19(26)10-8-18/h2,4-5,7-10,12-13,16,21H,3,6,11,14-15H2,1H3. The fraction of sp³-hybridized carbons (Fsp3) is 0.280. The van der Waals surface area contributed by atoms with Gasteiger partial charge < -0.3 is 9.64 Å². The zero-order chi connectivity index (χ0) is 22.1. The van der Waals surface area contributed by atoms with Crippen molar-refractivity contribution in [3.05, 3.63) is 81.9 Å². The molecular weight excluding hydrogens is 442 g/mol. The third-order valence-electron chi connectivity index (χ3n) is 5.77. The summed E-state index contributed by atoms with van der Waals surface area (Å²) in [6.07, 6.45) is 4.07. The molecule has 4 aromatic rings. The van der Waals surface area contributed by atoms with E-state index < -0.39 is 0 Å². The van der Waals surface area contributed by atoms with Crippen LogP contribution in [0, 0.1) is 0 Å². The Kier molecular flexibility index (Phi) is 6.00. The molecule has 3 heterocycles. The van der Waals surface area contributed by atoms with Crippen LogP contribution in [-0.4, -0.2) is 40.7 Å². The minimum absolute atomic E-state index is 0.0274. The molecule has 0 spiro atoms. The molecule has 5 nitrogen and oxygen atoms in total. The molecular formula is C25H24ClN3O2S. The molecule has 0 amide bonds. The van der Waals surface area contributed by atoms with Crippen LogP contribution in [0.2, 0.25) is 5.02 Å². The normalized spacial score (nSPS) is 17.0. The van der Waals surface area contributed by atoms with Gasteiger partial charge in [0.25, 0.3) is 5.56 Å². The van der Waals surface area contributed by atoms with Gasteiger partial charge in [-0.2, -0.15) is 0 Å². The molecule has 0 N–H and O–H groups in total. The Labute approximate surface area is 195 Å². The van der Waals surface area contributed by atoms with Crippen LogP contribution in [0.1, 0.15) is 18.4 Å². The maximum Gasteiger partial charge on any atom is 0.271 e. The van der Waals surface area contributed by atoms with Gasteiger partial charge >= 0.3 is 0 Å². The first-order chi connectivity index (χ1) is 15.5. The number of fused-ring (bicyclic) bond motifs is 1. The number of ether oxygens (including phenoxy) is 1. The lowest BCUT2D eigenvalue weighted by Gasteiger charge is -2.30. The average molecular weight is 466 g/mol. The number of hydrogen-bond donors (Lipinski definition) is 0. The van der Waals surface area contributed by atoms with Gasteiger partial charge in [0.15, 0.2) is 0 Å². The third-order valence-corrected chi connectivity index (χ3v) is 7.18. The highest BCUT2D eigenvalue weighted by molar-refractivity contribution is 7.22. The Morgan fingerprint density at radius 2 is 2.03 bits per heavy atom. The molecule has 2 aromatic heterocycles. The van der Waals surface area contributed by atoms with Crippen LogP contribution in [0.15, 0.2) is 65.7 Å². The van der Waals surface area contributed by atoms with E-state index in [1.165, 1.54) is 11.3 Å². The van der Waals surface area contributed by atoms with Crippen molar-refractivity contribution in [3.63, 3.8) is 0 Å². The van der Waals surface area contributed by atoms with E-state index in [0.29, 0.717) is 16.3 Å². The maximum atomic E-state index is 13.1. The summed E-state index contributed by atoms with van der Waals surface area (Å²) in [5.41, 5.74) is 2.74. The summed E-state index contributed by atoms with van der Waals surface area (Å²) >= 11 is 7.47. The largest absolute Gasteiger partial charge is 0.489 e. The molecule has 1 aliphatic heterocycles. The number of thiophene rings is 1. The van der Waals surface area contributed by atoms with Crippen LogP contribution in [0.5, 0.6) is 5.75 Å². The van der Waals surface area contributed by atoms with Crippen LogP contribution in [0.25, 0.3) is 20.7 Å². The number of nitrogens with zero attached hydrogens (tertiary/aromatic N) is 3. The van der Waals surface area contributed by atoms with Crippen molar-refractivity contribution in [1.82, 2.24) is 14.5 Å². The topological polar surface area (TPSA) is 47.4 Å². The quantitative estimate of drug-likeness (QED) is 0.401. The van der Waals surface area contributed by atoms with Gasteiger partial charge in [-0.1, -0.05) is 35.9 Å². The van der Waals surface area contributed by atoms with Gasteiger partial charge in [-0.15, -0.1) is 11.3 Å². The van der Waals surface area contributed by atoms with Crippen LogP contribution < -0.4 is 10.3 Å². The molecule has 0 bridgehead atoms. The number of halogens is 1. The van der Waals surface area contributed by atoms with Crippen molar-refractivity contribution in [2.75, 3.05) is 20.1 Å². The van der Waals surface area contributed by atoms with Gasteiger partial charge in [0.2, 0.25) is 0 Å². The van der Waals surface area contributed by atoms with Crippen molar-refractivity contribution in [1.29, 1.82) is 0 Å². The number of hydrogen-bond acceptors (Lipinski definition) is 5. The van der Waals surface area contributed by atoms with Crippen molar-refractivity contribution in [2.24, 2.45) is 0 Å². The number of aromatic nitrogens is 2. The molecule has 1 aliphatic rings. The average Bonchev–Trinajstić information content (AvgIpc) is 3.22. The SMILES string of the molecule is CN1CCCC(Oc2cccc(Cn3cnc4cc(-c5ccc(Cl)cc5)sc4c3=O)c2)C1. The predicted octanol–water partition coefficient (Wildman–Crippen LogP) is 5.30. The molecule has 32 heavy (non-hydrogen) atoms. The van der Waals surface area contributed by atoms with Crippen LogP contribution >= 0.6 is 22.9 Å². The molecule has 0 aliphatic carbocycles. The number of benzene rings is 2. The molecule has 0 radical (unpaired) electrons. The third kappa shape index (κ3) is 4.58. The van der Waals surface area contributed by atoms with E-state index in [4.69, 9.17) is 16.3 Å². The van der Waals surface area contributed by atoms with Crippen LogP contribution in [0.4, 0.5) is 0 Å². The van der Waals surface area contributed by atoms with E-state index in [2.05, 4.69) is 16.9 Å².